The second-order valence-corrected chi connectivity index (χ2v) is 8.10. The summed E-state index contributed by atoms with van der Waals surface area (Å²) in [4.78, 5) is 30.1. The number of carboxylic acid groups (broad SMARTS) is 1. The molecule has 1 unspecified atom stereocenters. The van der Waals surface area contributed by atoms with Crippen LogP contribution in [0.15, 0.2) is 66.7 Å². The largest absolute Gasteiger partial charge is 0.481 e. The number of rotatable bonds is 7. The van der Waals surface area contributed by atoms with Crippen molar-refractivity contribution in [3.8, 4) is 11.1 Å². The molecule has 1 atom stereocenters. The van der Waals surface area contributed by atoms with E-state index in [4.69, 9.17) is 15.6 Å². The molecule has 0 aliphatic heterocycles. The Kier molecular flexibility index (Phi) is 11.1. The Morgan fingerprint density at radius 1 is 0.972 bits per heavy atom. The lowest BCUT2D eigenvalue weighted by molar-refractivity contribution is -0.137. The third kappa shape index (κ3) is 8.25. The van der Waals surface area contributed by atoms with Gasteiger partial charge in [-0.15, -0.1) is 0 Å². The average molecular weight is 493 g/mol. The van der Waals surface area contributed by atoms with Gasteiger partial charge in [-0.25, -0.2) is 4.79 Å². The normalized spacial score (nSPS) is 12.5. The molecular formula is C28H32N2O6. The summed E-state index contributed by atoms with van der Waals surface area (Å²) in [6, 6.07) is 22.5. The Labute approximate surface area is 210 Å². The Bertz CT molecular complexity index is 1160. The van der Waals surface area contributed by atoms with Crippen molar-refractivity contribution in [3.05, 3.63) is 94.5 Å². The van der Waals surface area contributed by atoms with Crippen molar-refractivity contribution >= 4 is 18.5 Å². The zero-order valence-electron chi connectivity index (χ0n) is 20.5. The fourth-order valence-corrected chi connectivity index (χ4v) is 3.84. The SMILES string of the molecule is COC(N)=O.Cc1ccc2c(c1)C(COC=O)c1ccccc1-2.NCc1ccc(CCC(=O)O)cc1. The fraction of sp³-hybridized carbons (Fsp3) is 0.250. The highest BCUT2D eigenvalue weighted by atomic mass is 16.5. The third-order valence-electron chi connectivity index (χ3n) is 5.63. The number of benzene rings is 3. The van der Waals surface area contributed by atoms with E-state index in [1.54, 1.807) is 0 Å². The van der Waals surface area contributed by atoms with Crippen molar-refractivity contribution < 1.29 is 29.0 Å². The topological polar surface area (TPSA) is 142 Å². The smallest absolute Gasteiger partial charge is 0.404 e. The maximum absolute atomic E-state index is 10.4. The number of aliphatic carboxylic acids is 1. The summed E-state index contributed by atoms with van der Waals surface area (Å²) in [5, 5.41) is 8.46. The first-order valence-electron chi connectivity index (χ1n) is 11.4. The van der Waals surface area contributed by atoms with E-state index >= 15 is 0 Å². The van der Waals surface area contributed by atoms with Gasteiger partial charge in [-0.3, -0.25) is 9.59 Å². The molecule has 3 aromatic rings. The molecule has 1 aliphatic rings. The number of carboxylic acids is 1. The molecule has 0 fully saturated rings. The van der Waals surface area contributed by atoms with Gasteiger partial charge in [0.05, 0.1) is 7.11 Å². The third-order valence-corrected chi connectivity index (χ3v) is 5.63. The van der Waals surface area contributed by atoms with Crippen molar-refractivity contribution in [3.63, 3.8) is 0 Å². The summed E-state index contributed by atoms with van der Waals surface area (Å²) in [7, 11) is 1.22. The van der Waals surface area contributed by atoms with Gasteiger partial charge in [-0.1, -0.05) is 72.3 Å². The van der Waals surface area contributed by atoms with E-state index in [9.17, 15) is 14.4 Å². The first-order valence-corrected chi connectivity index (χ1v) is 11.4. The average Bonchev–Trinajstić information content (AvgIpc) is 3.19. The summed E-state index contributed by atoms with van der Waals surface area (Å²) in [5.41, 5.74) is 18.2. The first kappa shape index (κ1) is 28.1. The highest BCUT2D eigenvalue weighted by Gasteiger charge is 2.28. The highest BCUT2D eigenvalue weighted by Crippen LogP contribution is 2.44. The van der Waals surface area contributed by atoms with Crippen molar-refractivity contribution in [2.45, 2.75) is 32.2 Å². The van der Waals surface area contributed by atoms with E-state index in [0.717, 1.165) is 11.1 Å². The predicted molar refractivity (Wildman–Crippen MR) is 137 cm³/mol. The molecular weight excluding hydrogens is 460 g/mol. The number of fused-ring (bicyclic) bond motifs is 3. The van der Waals surface area contributed by atoms with Crippen LogP contribution in [0.25, 0.3) is 11.1 Å². The molecule has 0 saturated carbocycles. The van der Waals surface area contributed by atoms with Gasteiger partial charge >= 0.3 is 12.1 Å². The quantitative estimate of drug-likeness (QED) is 0.421. The van der Waals surface area contributed by atoms with Gasteiger partial charge in [-0.05, 0) is 46.7 Å². The molecule has 8 nitrogen and oxygen atoms in total. The van der Waals surface area contributed by atoms with Crippen molar-refractivity contribution in [2.24, 2.45) is 11.5 Å². The molecule has 3 aromatic carbocycles. The lowest BCUT2D eigenvalue weighted by Gasteiger charge is -2.12. The zero-order chi connectivity index (χ0) is 26.5. The minimum Gasteiger partial charge on any atom is -0.481 e. The number of carbonyl (C=O) groups is 3. The summed E-state index contributed by atoms with van der Waals surface area (Å²) in [5.74, 6) is -0.593. The number of hydrogen-bond acceptors (Lipinski definition) is 6. The van der Waals surface area contributed by atoms with Crippen LogP contribution in [-0.4, -0.2) is 37.4 Å². The standard InChI is InChI=1S/C16H14O2.C10H13NO2.C2H5NO2/c1-11-6-7-14-12-4-2-3-5-13(12)16(9-18-10-17)15(14)8-11;11-7-9-3-1-8(2-4-9)5-6-10(12)13;1-5-2(3)4/h2-8,10,16H,9H2,1H3;1-4H,5-7,11H2,(H,12,13);1H3,(H2,3,4). The number of nitrogens with two attached hydrogens (primary N) is 2. The van der Waals surface area contributed by atoms with Crippen LogP contribution in [-0.2, 0) is 32.0 Å². The summed E-state index contributed by atoms with van der Waals surface area (Å²) >= 11 is 0. The van der Waals surface area contributed by atoms with Crippen molar-refractivity contribution in [1.82, 2.24) is 0 Å². The van der Waals surface area contributed by atoms with Gasteiger partial charge in [0.15, 0.2) is 0 Å². The summed E-state index contributed by atoms with van der Waals surface area (Å²) < 4.78 is 8.88. The molecule has 8 heteroatoms. The van der Waals surface area contributed by atoms with Crippen LogP contribution < -0.4 is 11.5 Å². The van der Waals surface area contributed by atoms with Gasteiger partial charge in [0.1, 0.15) is 6.61 Å². The molecule has 0 radical (unpaired) electrons. The molecule has 0 aromatic heterocycles. The van der Waals surface area contributed by atoms with E-state index in [1.807, 2.05) is 36.4 Å². The number of amides is 1. The molecule has 36 heavy (non-hydrogen) atoms. The van der Waals surface area contributed by atoms with Crippen LogP contribution in [0.2, 0.25) is 0 Å². The molecule has 1 amide bonds. The van der Waals surface area contributed by atoms with Gasteiger partial charge in [0.2, 0.25) is 0 Å². The van der Waals surface area contributed by atoms with Gasteiger partial charge < -0.3 is 26.0 Å². The van der Waals surface area contributed by atoms with Crippen LogP contribution in [0, 0.1) is 6.92 Å². The lowest BCUT2D eigenvalue weighted by Crippen LogP contribution is -2.08. The second-order valence-electron chi connectivity index (χ2n) is 8.10. The molecule has 0 saturated heterocycles. The van der Waals surface area contributed by atoms with Gasteiger partial charge in [0.25, 0.3) is 6.47 Å². The van der Waals surface area contributed by atoms with E-state index in [-0.39, 0.29) is 12.3 Å². The second kappa shape index (κ2) is 14.3. The predicted octanol–water partition coefficient (Wildman–Crippen LogP) is 4.15. The van der Waals surface area contributed by atoms with Crippen LogP contribution in [0.5, 0.6) is 0 Å². The first-order chi connectivity index (χ1) is 17.3. The van der Waals surface area contributed by atoms with Crippen LogP contribution in [0.1, 0.15) is 40.2 Å². The number of aryl methyl sites for hydroxylation is 2. The lowest BCUT2D eigenvalue weighted by atomic mass is 9.97. The molecule has 5 N–H and O–H groups in total. The van der Waals surface area contributed by atoms with E-state index < -0.39 is 12.1 Å². The number of carbonyl (C=O) groups excluding carboxylic acids is 2. The molecule has 0 bridgehead atoms. The maximum Gasteiger partial charge on any atom is 0.404 e. The number of ether oxygens (including phenoxy) is 2. The van der Waals surface area contributed by atoms with Crippen LogP contribution in [0.4, 0.5) is 4.79 Å². The number of methoxy groups -OCH3 is 1. The molecule has 1 aliphatic carbocycles. The summed E-state index contributed by atoms with van der Waals surface area (Å²) in [6.07, 6.45) is 0.0207. The van der Waals surface area contributed by atoms with E-state index in [1.165, 1.54) is 34.9 Å². The van der Waals surface area contributed by atoms with Gasteiger partial charge in [0, 0.05) is 18.9 Å². The zero-order valence-corrected chi connectivity index (χ0v) is 20.5. The van der Waals surface area contributed by atoms with E-state index in [2.05, 4.69) is 47.7 Å². The molecule has 0 spiro atoms. The van der Waals surface area contributed by atoms with E-state index in [0.29, 0.717) is 26.0 Å². The van der Waals surface area contributed by atoms with Crippen molar-refractivity contribution in [2.75, 3.05) is 13.7 Å². The molecule has 190 valence electrons. The number of hydrogen-bond donors (Lipinski definition) is 3. The molecule has 0 heterocycles. The molecule has 4 rings (SSSR count). The van der Waals surface area contributed by atoms with Gasteiger partial charge in [-0.2, -0.15) is 0 Å². The monoisotopic (exact) mass is 492 g/mol. The Morgan fingerprint density at radius 3 is 2.17 bits per heavy atom. The van der Waals surface area contributed by atoms with Crippen LogP contribution in [0.3, 0.4) is 0 Å². The summed E-state index contributed by atoms with van der Waals surface area (Å²) in [6.45, 7) is 3.55. The Hall–Kier alpha value is -4.17. The fourth-order valence-electron chi connectivity index (χ4n) is 3.84. The van der Waals surface area contributed by atoms with Crippen LogP contribution >= 0.6 is 0 Å². The Morgan fingerprint density at radius 2 is 1.58 bits per heavy atom. The maximum atomic E-state index is 10.4. The Balaban J connectivity index is 0.000000223. The minimum absolute atomic E-state index is 0.168. The minimum atomic E-state index is -0.761. The highest BCUT2D eigenvalue weighted by molar-refractivity contribution is 5.79. The number of primary amides is 1. The van der Waals surface area contributed by atoms with Crippen molar-refractivity contribution in [1.29, 1.82) is 0 Å².